The van der Waals surface area contributed by atoms with Crippen molar-refractivity contribution in [1.29, 1.82) is 0 Å². The number of anilines is 1. The van der Waals surface area contributed by atoms with E-state index in [1.54, 1.807) is 12.1 Å². The number of nitrogens with one attached hydrogen (secondary N) is 1. The van der Waals surface area contributed by atoms with Crippen LogP contribution in [0.5, 0.6) is 0 Å². The highest BCUT2D eigenvalue weighted by atomic mass is 79.9. The third-order valence-electron chi connectivity index (χ3n) is 3.64. The Bertz CT molecular complexity index is 893. The van der Waals surface area contributed by atoms with Crippen LogP contribution in [0.2, 0.25) is 5.02 Å². The zero-order valence-corrected chi connectivity index (χ0v) is 14.2. The fraction of sp³-hybridized carbons (Fsp3) is 0.0625. The number of carbonyl (C=O) groups is 1. The Morgan fingerprint density at radius 1 is 1.30 bits per heavy atom. The Morgan fingerprint density at radius 3 is 2.74 bits per heavy atom. The van der Waals surface area contributed by atoms with Crippen molar-refractivity contribution in [2.24, 2.45) is 0 Å². The molecule has 1 amide bonds. The predicted octanol–water partition coefficient (Wildman–Crippen LogP) is 4.81. The van der Waals surface area contributed by atoms with Crippen molar-refractivity contribution in [1.82, 2.24) is 0 Å². The zero-order chi connectivity index (χ0) is 16.7. The van der Waals surface area contributed by atoms with Gasteiger partial charge >= 0.3 is 0 Å². The second kappa shape index (κ2) is 5.79. The predicted molar refractivity (Wildman–Crippen MR) is 93.5 cm³/mol. The van der Waals surface area contributed by atoms with Gasteiger partial charge in [0.25, 0.3) is 11.6 Å². The summed E-state index contributed by atoms with van der Waals surface area (Å²) < 4.78 is 0.890. The van der Waals surface area contributed by atoms with Crippen LogP contribution in [-0.4, -0.2) is 10.8 Å². The van der Waals surface area contributed by atoms with Crippen molar-refractivity contribution in [3.8, 4) is 0 Å². The normalized spacial score (nSPS) is 14.7. The summed E-state index contributed by atoms with van der Waals surface area (Å²) >= 11 is 9.26. The number of carbonyl (C=O) groups excluding carboxylic acids is 1. The molecular weight excluding hydrogens is 384 g/mol. The van der Waals surface area contributed by atoms with E-state index >= 15 is 0 Å². The summed E-state index contributed by atoms with van der Waals surface area (Å²) in [5.41, 5.74) is 3.27. The van der Waals surface area contributed by atoms with Crippen molar-refractivity contribution in [2.75, 3.05) is 5.32 Å². The lowest BCUT2D eigenvalue weighted by atomic mass is 9.99. The van der Waals surface area contributed by atoms with Gasteiger partial charge in [0, 0.05) is 27.4 Å². The van der Waals surface area contributed by atoms with Gasteiger partial charge in [0.15, 0.2) is 0 Å². The molecule has 0 aliphatic carbocycles. The molecule has 0 saturated heterocycles. The number of nitro groups is 1. The van der Waals surface area contributed by atoms with E-state index in [9.17, 15) is 14.9 Å². The lowest BCUT2D eigenvalue weighted by molar-refractivity contribution is -0.384. The Kier molecular flexibility index (Phi) is 3.95. The van der Waals surface area contributed by atoms with Crippen LogP contribution in [0.3, 0.4) is 0 Å². The summed E-state index contributed by atoms with van der Waals surface area (Å²) in [6.45, 7) is 1.90. The molecule has 1 aliphatic heterocycles. The average molecular weight is 394 g/mol. The topological polar surface area (TPSA) is 72.2 Å². The molecule has 1 aliphatic rings. The van der Waals surface area contributed by atoms with Crippen molar-refractivity contribution < 1.29 is 9.72 Å². The Balaban J connectivity index is 2.15. The standard InChI is InChI=1S/C16H10BrClN2O3/c1-8-11(17)3-5-13-15(8)10(16(21)19-13)6-9-2-4-12(18)14(7-9)20(22)23/h2-7H,1H3,(H,19,21). The van der Waals surface area contributed by atoms with E-state index < -0.39 is 4.92 Å². The maximum atomic E-state index is 12.2. The van der Waals surface area contributed by atoms with Gasteiger partial charge < -0.3 is 5.32 Å². The molecule has 0 radical (unpaired) electrons. The number of nitrogens with zero attached hydrogens (tertiary/aromatic N) is 1. The van der Waals surface area contributed by atoms with Crippen LogP contribution >= 0.6 is 27.5 Å². The Hall–Kier alpha value is -2.18. The van der Waals surface area contributed by atoms with Gasteiger partial charge in [-0.1, -0.05) is 33.6 Å². The summed E-state index contributed by atoms with van der Waals surface area (Å²) in [5, 5.41) is 13.8. The molecule has 1 N–H and O–H groups in total. The van der Waals surface area contributed by atoms with E-state index in [4.69, 9.17) is 11.6 Å². The second-order valence-electron chi connectivity index (χ2n) is 5.08. The minimum absolute atomic E-state index is 0.0624. The van der Waals surface area contributed by atoms with Gasteiger partial charge in [0.1, 0.15) is 5.02 Å². The van der Waals surface area contributed by atoms with E-state index in [1.807, 2.05) is 19.1 Å². The van der Waals surface area contributed by atoms with Crippen LogP contribution in [0.4, 0.5) is 11.4 Å². The van der Waals surface area contributed by atoms with Gasteiger partial charge in [0.2, 0.25) is 0 Å². The molecule has 116 valence electrons. The highest BCUT2D eigenvalue weighted by Gasteiger charge is 2.27. The smallest absolute Gasteiger partial charge is 0.288 e. The Morgan fingerprint density at radius 2 is 2.04 bits per heavy atom. The highest BCUT2D eigenvalue weighted by Crippen LogP contribution is 2.39. The lowest BCUT2D eigenvalue weighted by Crippen LogP contribution is -2.03. The summed E-state index contributed by atoms with van der Waals surface area (Å²) in [6.07, 6.45) is 1.63. The molecule has 7 heteroatoms. The van der Waals surface area contributed by atoms with E-state index in [2.05, 4.69) is 21.2 Å². The lowest BCUT2D eigenvalue weighted by Gasteiger charge is -2.06. The zero-order valence-electron chi connectivity index (χ0n) is 11.9. The Labute approximate surface area is 145 Å². The molecule has 0 fully saturated rings. The summed E-state index contributed by atoms with van der Waals surface area (Å²) in [5.74, 6) is -0.237. The van der Waals surface area contributed by atoms with E-state index in [0.29, 0.717) is 11.1 Å². The van der Waals surface area contributed by atoms with E-state index in [1.165, 1.54) is 12.1 Å². The molecule has 1 heterocycles. The molecule has 0 unspecified atom stereocenters. The largest absolute Gasteiger partial charge is 0.321 e. The van der Waals surface area contributed by atoms with Crippen LogP contribution in [0, 0.1) is 17.0 Å². The van der Waals surface area contributed by atoms with Crippen LogP contribution in [-0.2, 0) is 4.79 Å². The molecule has 0 aromatic heterocycles. The molecule has 3 rings (SSSR count). The number of amides is 1. The molecule has 5 nitrogen and oxygen atoms in total. The van der Waals surface area contributed by atoms with Crippen molar-refractivity contribution in [3.63, 3.8) is 0 Å². The van der Waals surface area contributed by atoms with Gasteiger partial charge in [-0.2, -0.15) is 0 Å². The maximum absolute atomic E-state index is 12.2. The minimum atomic E-state index is -0.547. The van der Waals surface area contributed by atoms with Crippen LogP contribution < -0.4 is 5.32 Å². The molecule has 23 heavy (non-hydrogen) atoms. The minimum Gasteiger partial charge on any atom is -0.321 e. The van der Waals surface area contributed by atoms with Crippen molar-refractivity contribution in [2.45, 2.75) is 6.92 Å². The molecule has 0 bridgehead atoms. The van der Waals surface area contributed by atoms with Gasteiger partial charge in [-0.15, -0.1) is 0 Å². The summed E-state index contributed by atoms with van der Waals surface area (Å²) in [4.78, 5) is 22.7. The number of hydrogen-bond donors (Lipinski definition) is 1. The quantitative estimate of drug-likeness (QED) is 0.452. The van der Waals surface area contributed by atoms with Gasteiger partial charge in [-0.3, -0.25) is 14.9 Å². The number of nitro benzene ring substituents is 1. The number of hydrogen-bond acceptors (Lipinski definition) is 3. The first kappa shape index (κ1) is 15.7. The number of halogens is 2. The molecule has 0 spiro atoms. The van der Waals surface area contributed by atoms with Gasteiger partial charge in [0.05, 0.1) is 4.92 Å². The highest BCUT2D eigenvalue weighted by molar-refractivity contribution is 9.10. The fourth-order valence-electron chi connectivity index (χ4n) is 2.50. The van der Waals surface area contributed by atoms with Crippen molar-refractivity contribution >= 4 is 56.5 Å². The first-order chi connectivity index (χ1) is 10.9. The molecule has 0 saturated carbocycles. The summed E-state index contributed by atoms with van der Waals surface area (Å²) in [6, 6.07) is 8.13. The fourth-order valence-corrected chi connectivity index (χ4v) is 3.02. The van der Waals surface area contributed by atoms with Crippen LogP contribution in [0.15, 0.2) is 34.8 Å². The number of rotatable bonds is 2. The number of fused-ring (bicyclic) bond motifs is 1. The third kappa shape index (κ3) is 2.75. The van der Waals surface area contributed by atoms with Crippen LogP contribution in [0.1, 0.15) is 16.7 Å². The first-order valence-electron chi connectivity index (χ1n) is 6.65. The molecule has 2 aromatic rings. The first-order valence-corrected chi connectivity index (χ1v) is 7.82. The third-order valence-corrected chi connectivity index (χ3v) is 4.82. The molecule has 2 aromatic carbocycles. The summed E-state index contributed by atoms with van der Waals surface area (Å²) in [7, 11) is 0. The van der Waals surface area contributed by atoms with E-state index in [-0.39, 0.29) is 16.6 Å². The average Bonchev–Trinajstić information content (AvgIpc) is 2.81. The maximum Gasteiger partial charge on any atom is 0.288 e. The molecule has 0 atom stereocenters. The second-order valence-corrected chi connectivity index (χ2v) is 6.34. The SMILES string of the molecule is Cc1c(Br)ccc2c1C(=Cc1ccc(Cl)c([N+](=O)[O-])c1)C(=O)N2. The molecular formula is C16H10BrClN2O3. The van der Waals surface area contributed by atoms with E-state index in [0.717, 1.165) is 21.3 Å². The van der Waals surface area contributed by atoms with Crippen LogP contribution in [0.25, 0.3) is 11.6 Å². The van der Waals surface area contributed by atoms with Gasteiger partial charge in [-0.25, -0.2) is 0 Å². The number of benzene rings is 2. The van der Waals surface area contributed by atoms with Gasteiger partial charge in [-0.05, 0) is 42.3 Å². The van der Waals surface area contributed by atoms with Crippen molar-refractivity contribution in [3.05, 3.63) is 66.6 Å². The monoisotopic (exact) mass is 392 g/mol.